The number of halogens is 2. The third kappa shape index (κ3) is 2.35. The van der Waals surface area contributed by atoms with Gasteiger partial charge < -0.3 is 0 Å². The quantitative estimate of drug-likeness (QED) is 0.742. The highest BCUT2D eigenvalue weighted by Gasteiger charge is 2.31. The van der Waals surface area contributed by atoms with Gasteiger partial charge in [0.05, 0.1) is 11.5 Å². The van der Waals surface area contributed by atoms with Crippen molar-refractivity contribution in [2.75, 3.05) is 5.75 Å². The molecule has 4 heteroatoms. The van der Waals surface area contributed by atoms with E-state index in [1.807, 2.05) is 24.3 Å². The van der Waals surface area contributed by atoms with Gasteiger partial charge in [-0.25, -0.2) is 4.39 Å². The molecule has 0 aliphatic carbocycles. The van der Waals surface area contributed by atoms with Crippen LogP contribution in [0.2, 0.25) is 0 Å². The second-order valence-electron chi connectivity index (χ2n) is 4.39. The summed E-state index contributed by atoms with van der Waals surface area (Å²) in [6.07, 6.45) is 0. The van der Waals surface area contributed by atoms with Crippen LogP contribution in [0.1, 0.15) is 21.8 Å². The van der Waals surface area contributed by atoms with Crippen LogP contribution in [-0.4, -0.2) is 11.5 Å². The maximum absolute atomic E-state index is 13.8. The lowest BCUT2D eigenvalue weighted by Crippen LogP contribution is -2.14. The zero-order chi connectivity index (χ0) is 13.4. The average Bonchev–Trinajstić information content (AvgIpc) is 2.84. The molecule has 1 aliphatic heterocycles. The fourth-order valence-electron chi connectivity index (χ4n) is 2.25. The molecule has 1 unspecified atom stereocenters. The number of rotatable bonds is 2. The van der Waals surface area contributed by atoms with E-state index in [0.29, 0.717) is 5.75 Å². The number of hydrogen-bond donors (Lipinski definition) is 0. The van der Waals surface area contributed by atoms with Gasteiger partial charge in [0.2, 0.25) is 0 Å². The van der Waals surface area contributed by atoms with Crippen molar-refractivity contribution in [2.24, 2.45) is 0 Å². The van der Waals surface area contributed by atoms with Crippen LogP contribution in [0.25, 0.3) is 0 Å². The highest BCUT2D eigenvalue weighted by atomic mass is 79.9. The van der Waals surface area contributed by atoms with Crippen LogP contribution in [0.15, 0.2) is 51.8 Å². The molecule has 0 saturated heterocycles. The van der Waals surface area contributed by atoms with Crippen LogP contribution in [-0.2, 0) is 0 Å². The van der Waals surface area contributed by atoms with Gasteiger partial charge in [-0.2, -0.15) is 0 Å². The summed E-state index contributed by atoms with van der Waals surface area (Å²) >= 11 is 4.93. The van der Waals surface area contributed by atoms with Gasteiger partial charge in [-0.05, 0) is 29.8 Å². The predicted molar refractivity (Wildman–Crippen MR) is 78.3 cm³/mol. The number of thioether (sulfide) groups is 1. The van der Waals surface area contributed by atoms with E-state index < -0.39 is 5.82 Å². The third-order valence-corrected chi connectivity index (χ3v) is 4.89. The third-order valence-electron chi connectivity index (χ3n) is 3.21. The van der Waals surface area contributed by atoms with E-state index in [-0.39, 0.29) is 17.3 Å². The molecule has 0 N–H and O–H groups in total. The number of hydrogen-bond acceptors (Lipinski definition) is 2. The van der Waals surface area contributed by atoms with E-state index in [1.54, 1.807) is 23.9 Å². The lowest BCUT2D eigenvalue weighted by Gasteiger charge is -2.10. The minimum absolute atomic E-state index is 0.142. The monoisotopic (exact) mass is 336 g/mol. The Balaban J connectivity index is 2.00. The lowest BCUT2D eigenvalue weighted by atomic mass is 9.92. The predicted octanol–water partition coefficient (Wildman–Crippen LogP) is 4.66. The Bertz CT molecular complexity index is 656. The lowest BCUT2D eigenvalue weighted by molar-refractivity contribution is 0.0964. The summed E-state index contributed by atoms with van der Waals surface area (Å²) in [6.45, 7) is 0. The van der Waals surface area contributed by atoms with Crippen molar-refractivity contribution in [3.05, 3.63) is 63.9 Å². The number of Topliss-reactive ketones (excluding diaryl/α,β-unsaturated/α-hetero) is 1. The molecule has 1 aliphatic rings. The van der Waals surface area contributed by atoms with Crippen molar-refractivity contribution in [1.29, 1.82) is 0 Å². The van der Waals surface area contributed by atoms with E-state index in [9.17, 15) is 9.18 Å². The zero-order valence-electron chi connectivity index (χ0n) is 9.90. The molecule has 0 bridgehead atoms. The SMILES string of the molecule is O=C(c1cc(Br)ccc1F)C1CSc2ccccc21. The Hall–Kier alpha value is -1.13. The van der Waals surface area contributed by atoms with E-state index in [1.165, 1.54) is 6.07 Å². The first-order valence-electron chi connectivity index (χ1n) is 5.88. The number of fused-ring (bicyclic) bond motifs is 1. The number of ketones is 1. The molecule has 3 rings (SSSR count). The van der Waals surface area contributed by atoms with Crippen molar-refractivity contribution >= 4 is 33.5 Å². The molecule has 0 amide bonds. The fraction of sp³-hybridized carbons (Fsp3) is 0.133. The van der Waals surface area contributed by atoms with Crippen molar-refractivity contribution < 1.29 is 9.18 Å². The highest BCUT2D eigenvalue weighted by molar-refractivity contribution is 9.10. The Morgan fingerprint density at radius 2 is 2.05 bits per heavy atom. The van der Waals surface area contributed by atoms with E-state index in [2.05, 4.69) is 15.9 Å². The molecule has 1 heterocycles. The van der Waals surface area contributed by atoms with E-state index >= 15 is 0 Å². The van der Waals surface area contributed by atoms with Gasteiger partial charge in [0, 0.05) is 15.1 Å². The maximum atomic E-state index is 13.8. The normalized spacial score (nSPS) is 17.3. The molecule has 1 nitrogen and oxygen atoms in total. The Labute approximate surface area is 123 Å². The van der Waals surface area contributed by atoms with Crippen LogP contribution in [0.5, 0.6) is 0 Å². The largest absolute Gasteiger partial charge is 0.293 e. The van der Waals surface area contributed by atoms with E-state index in [4.69, 9.17) is 0 Å². The number of carbonyl (C=O) groups is 1. The summed E-state index contributed by atoms with van der Waals surface area (Å²) in [5.74, 6) is -0.159. The molecule has 0 fully saturated rings. The molecule has 0 radical (unpaired) electrons. The van der Waals surface area contributed by atoms with Gasteiger partial charge in [0.15, 0.2) is 5.78 Å². The van der Waals surface area contributed by atoms with Crippen LogP contribution in [0.4, 0.5) is 4.39 Å². The summed E-state index contributed by atoms with van der Waals surface area (Å²) in [5, 5.41) is 0. The molecule has 0 spiro atoms. The van der Waals surface area contributed by atoms with Gasteiger partial charge in [0.1, 0.15) is 5.82 Å². The topological polar surface area (TPSA) is 17.1 Å². The summed E-state index contributed by atoms with van der Waals surface area (Å²) in [4.78, 5) is 13.6. The van der Waals surface area contributed by atoms with Crippen LogP contribution >= 0.6 is 27.7 Å². The maximum Gasteiger partial charge on any atom is 0.174 e. The van der Waals surface area contributed by atoms with Gasteiger partial charge in [-0.3, -0.25) is 4.79 Å². The second kappa shape index (κ2) is 5.10. The summed E-state index contributed by atoms with van der Waals surface area (Å²) in [7, 11) is 0. The van der Waals surface area contributed by atoms with Crippen molar-refractivity contribution in [2.45, 2.75) is 10.8 Å². The van der Waals surface area contributed by atoms with Crippen LogP contribution in [0.3, 0.4) is 0 Å². The zero-order valence-corrected chi connectivity index (χ0v) is 12.3. The number of benzene rings is 2. The van der Waals surface area contributed by atoms with Gasteiger partial charge >= 0.3 is 0 Å². The van der Waals surface area contributed by atoms with Crippen LogP contribution < -0.4 is 0 Å². The summed E-state index contributed by atoms with van der Waals surface area (Å²) in [5.41, 5.74) is 1.17. The molecule has 2 aromatic rings. The summed E-state index contributed by atoms with van der Waals surface area (Å²) in [6, 6.07) is 12.3. The second-order valence-corrected chi connectivity index (χ2v) is 6.37. The fourth-order valence-corrected chi connectivity index (χ4v) is 3.84. The standard InChI is InChI=1S/C15H10BrFOS/c16-9-5-6-13(17)11(7-9)15(18)12-8-19-14-4-2-1-3-10(12)14/h1-7,12H,8H2. The number of carbonyl (C=O) groups excluding carboxylic acids is 1. The molecule has 1 atom stereocenters. The van der Waals surface area contributed by atoms with Gasteiger partial charge in [-0.1, -0.05) is 34.1 Å². The molecule has 19 heavy (non-hydrogen) atoms. The molecular weight excluding hydrogens is 327 g/mol. The molecular formula is C15H10BrFOS. The molecule has 96 valence electrons. The Morgan fingerprint density at radius 3 is 2.89 bits per heavy atom. The first-order chi connectivity index (χ1) is 9.16. The highest BCUT2D eigenvalue weighted by Crippen LogP contribution is 2.41. The van der Waals surface area contributed by atoms with Crippen molar-refractivity contribution in [1.82, 2.24) is 0 Å². The van der Waals surface area contributed by atoms with Crippen LogP contribution in [0, 0.1) is 5.82 Å². The minimum atomic E-state index is -0.456. The molecule has 0 aromatic heterocycles. The molecule has 2 aromatic carbocycles. The summed E-state index contributed by atoms with van der Waals surface area (Å²) < 4.78 is 14.5. The smallest absolute Gasteiger partial charge is 0.174 e. The first-order valence-corrected chi connectivity index (χ1v) is 7.65. The Morgan fingerprint density at radius 1 is 1.26 bits per heavy atom. The Kier molecular flexibility index (Phi) is 3.46. The van der Waals surface area contributed by atoms with Crippen molar-refractivity contribution in [3.63, 3.8) is 0 Å². The van der Waals surface area contributed by atoms with E-state index in [0.717, 1.165) is 14.9 Å². The average molecular weight is 337 g/mol. The minimum Gasteiger partial charge on any atom is -0.293 e. The first kappa shape index (κ1) is 12.9. The van der Waals surface area contributed by atoms with Crippen molar-refractivity contribution in [3.8, 4) is 0 Å². The van der Waals surface area contributed by atoms with Gasteiger partial charge in [0.25, 0.3) is 0 Å². The van der Waals surface area contributed by atoms with Gasteiger partial charge in [-0.15, -0.1) is 11.8 Å². The molecule has 0 saturated carbocycles.